The Morgan fingerprint density at radius 3 is 2.48 bits per heavy atom. The zero-order valence-electron chi connectivity index (χ0n) is 13.4. The van der Waals surface area contributed by atoms with Crippen LogP contribution in [0.5, 0.6) is 0 Å². The van der Waals surface area contributed by atoms with Gasteiger partial charge in [-0.3, -0.25) is 9.59 Å². The van der Waals surface area contributed by atoms with E-state index in [0.717, 1.165) is 21.0 Å². The molecule has 8 heteroatoms. The summed E-state index contributed by atoms with van der Waals surface area (Å²) in [6.07, 6.45) is 0. The fourth-order valence-electron chi connectivity index (χ4n) is 2.14. The van der Waals surface area contributed by atoms with Crippen molar-refractivity contribution in [2.75, 3.05) is 18.9 Å². The van der Waals surface area contributed by atoms with Crippen molar-refractivity contribution >= 4 is 45.0 Å². The minimum atomic E-state index is -1.18. The standard InChI is InChI=1S/C17H14BrClF2N2O2/c1-9-5-10(18)3-4-15(9)22-16(24)8-23(2)17(25)11-6-13(20)14(21)7-12(11)19/h3-7H,8H2,1-2H3,(H,22,24). The number of hydrogen-bond donors (Lipinski definition) is 1. The molecule has 1 N–H and O–H groups in total. The normalized spacial score (nSPS) is 10.5. The van der Waals surface area contributed by atoms with Gasteiger partial charge in [0.05, 0.1) is 17.1 Å². The summed E-state index contributed by atoms with van der Waals surface area (Å²) < 4.78 is 27.3. The number of carbonyl (C=O) groups is 2. The summed E-state index contributed by atoms with van der Waals surface area (Å²) in [5.74, 6) is -3.45. The number of likely N-dealkylation sites (N-methyl/N-ethyl adjacent to an activating group) is 1. The second-order valence-electron chi connectivity index (χ2n) is 5.41. The van der Waals surface area contributed by atoms with Crippen molar-refractivity contribution in [2.45, 2.75) is 6.92 Å². The maximum absolute atomic E-state index is 13.3. The first-order valence-electron chi connectivity index (χ1n) is 7.15. The lowest BCUT2D eigenvalue weighted by atomic mass is 10.2. The topological polar surface area (TPSA) is 49.4 Å². The van der Waals surface area contributed by atoms with E-state index in [1.54, 1.807) is 12.1 Å². The van der Waals surface area contributed by atoms with Crippen LogP contribution in [0.1, 0.15) is 15.9 Å². The van der Waals surface area contributed by atoms with E-state index in [9.17, 15) is 18.4 Å². The van der Waals surface area contributed by atoms with E-state index in [1.807, 2.05) is 13.0 Å². The smallest absolute Gasteiger partial charge is 0.255 e. The summed E-state index contributed by atoms with van der Waals surface area (Å²) in [6.45, 7) is 1.56. The number of halogens is 4. The number of nitrogens with zero attached hydrogens (tertiary/aromatic N) is 1. The van der Waals surface area contributed by atoms with Crippen LogP contribution in [0, 0.1) is 18.6 Å². The van der Waals surface area contributed by atoms with Crippen LogP contribution in [0.15, 0.2) is 34.8 Å². The lowest BCUT2D eigenvalue weighted by Crippen LogP contribution is -2.35. The largest absolute Gasteiger partial charge is 0.332 e. The van der Waals surface area contributed by atoms with Crippen molar-refractivity contribution in [2.24, 2.45) is 0 Å². The zero-order chi connectivity index (χ0) is 18.7. The van der Waals surface area contributed by atoms with Crippen LogP contribution in [-0.4, -0.2) is 30.3 Å². The molecule has 4 nitrogen and oxygen atoms in total. The Morgan fingerprint density at radius 1 is 1.20 bits per heavy atom. The fourth-order valence-corrected chi connectivity index (χ4v) is 2.84. The predicted molar refractivity (Wildman–Crippen MR) is 95.8 cm³/mol. The van der Waals surface area contributed by atoms with Gasteiger partial charge in [-0.2, -0.15) is 0 Å². The molecule has 2 amide bonds. The molecule has 0 aromatic heterocycles. The summed E-state index contributed by atoms with van der Waals surface area (Å²) in [5.41, 5.74) is 1.25. The predicted octanol–water partition coefficient (Wildman–Crippen LogP) is 4.40. The Kier molecular flexibility index (Phi) is 6.13. The second-order valence-corrected chi connectivity index (χ2v) is 6.74. The molecule has 0 fully saturated rings. The quantitative estimate of drug-likeness (QED) is 0.730. The molecule has 0 saturated carbocycles. The summed E-state index contributed by atoms with van der Waals surface area (Å²) in [5, 5.41) is 2.47. The van der Waals surface area contributed by atoms with Crippen molar-refractivity contribution in [3.05, 3.63) is 62.6 Å². The van der Waals surface area contributed by atoms with Crippen LogP contribution in [0.3, 0.4) is 0 Å². The van der Waals surface area contributed by atoms with Crippen LogP contribution in [0.25, 0.3) is 0 Å². The van der Waals surface area contributed by atoms with E-state index in [2.05, 4.69) is 21.2 Å². The lowest BCUT2D eigenvalue weighted by molar-refractivity contribution is -0.116. The Balaban J connectivity index is 2.08. The molecule has 0 aliphatic heterocycles. The number of amides is 2. The molecule has 2 aromatic rings. The monoisotopic (exact) mass is 430 g/mol. The Morgan fingerprint density at radius 2 is 1.84 bits per heavy atom. The van der Waals surface area contributed by atoms with Gasteiger partial charge in [0.2, 0.25) is 5.91 Å². The van der Waals surface area contributed by atoms with Gasteiger partial charge in [0, 0.05) is 17.2 Å². The molecule has 0 atom stereocenters. The van der Waals surface area contributed by atoms with E-state index in [1.165, 1.54) is 7.05 Å². The molecule has 25 heavy (non-hydrogen) atoms. The van der Waals surface area contributed by atoms with Gasteiger partial charge in [0.25, 0.3) is 5.91 Å². The Labute approximate surface area is 156 Å². The van der Waals surface area contributed by atoms with Crippen molar-refractivity contribution in [1.82, 2.24) is 4.90 Å². The number of nitrogens with one attached hydrogen (secondary N) is 1. The number of anilines is 1. The van der Waals surface area contributed by atoms with Gasteiger partial charge >= 0.3 is 0 Å². The Hall–Kier alpha value is -1.99. The molecular formula is C17H14BrClF2N2O2. The molecule has 0 bridgehead atoms. The maximum atomic E-state index is 13.3. The SMILES string of the molecule is Cc1cc(Br)ccc1NC(=O)CN(C)C(=O)c1cc(F)c(F)cc1Cl. The maximum Gasteiger partial charge on any atom is 0.255 e. The highest BCUT2D eigenvalue weighted by atomic mass is 79.9. The van der Waals surface area contributed by atoms with Crippen LogP contribution in [-0.2, 0) is 4.79 Å². The third-order valence-corrected chi connectivity index (χ3v) is 4.24. The van der Waals surface area contributed by atoms with Crippen LogP contribution in [0.4, 0.5) is 14.5 Å². The number of hydrogen-bond acceptors (Lipinski definition) is 2. The van der Waals surface area contributed by atoms with E-state index >= 15 is 0 Å². The number of carbonyl (C=O) groups excluding carboxylic acids is 2. The molecule has 0 radical (unpaired) electrons. The number of aryl methyl sites for hydroxylation is 1. The Bertz CT molecular complexity index is 846. The minimum absolute atomic E-state index is 0.212. The van der Waals surface area contributed by atoms with Crippen molar-refractivity contribution in [1.29, 1.82) is 0 Å². The first-order chi connectivity index (χ1) is 11.7. The van der Waals surface area contributed by atoms with Crippen molar-refractivity contribution in [3.63, 3.8) is 0 Å². The van der Waals surface area contributed by atoms with Crippen molar-refractivity contribution < 1.29 is 18.4 Å². The third kappa shape index (κ3) is 4.76. The lowest BCUT2D eigenvalue weighted by Gasteiger charge is -2.18. The van der Waals surface area contributed by atoms with Gasteiger partial charge in [-0.25, -0.2) is 8.78 Å². The second kappa shape index (κ2) is 7.93. The number of rotatable bonds is 4. The highest BCUT2D eigenvalue weighted by Crippen LogP contribution is 2.22. The van der Waals surface area contributed by atoms with Gasteiger partial charge in [-0.05, 0) is 42.8 Å². The zero-order valence-corrected chi connectivity index (χ0v) is 15.7. The first kappa shape index (κ1) is 19.3. The highest BCUT2D eigenvalue weighted by molar-refractivity contribution is 9.10. The molecule has 0 heterocycles. The van der Waals surface area contributed by atoms with Crippen LogP contribution in [0.2, 0.25) is 5.02 Å². The van der Waals surface area contributed by atoms with Crippen LogP contribution >= 0.6 is 27.5 Å². The van der Waals surface area contributed by atoms with Gasteiger partial charge in [0.1, 0.15) is 0 Å². The van der Waals surface area contributed by atoms with Gasteiger partial charge in [-0.15, -0.1) is 0 Å². The highest BCUT2D eigenvalue weighted by Gasteiger charge is 2.20. The molecule has 2 aromatic carbocycles. The van der Waals surface area contributed by atoms with Gasteiger partial charge in [0.15, 0.2) is 11.6 Å². The molecule has 0 saturated heterocycles. The summed E-state index contributed by atoms with van der Waals surface area (Å²) in [4.78, 5) is 25.5. The van der Waals surface area contributed by atoms with Gasteiger partial charge < -0.3 is 10.2 Å². The summed E-state index contributed by atoms with van der Waals surface area (Å²) in [7, 11) is 1.37. The molecule has 0 aliphatic rings. The molecule has 2 rings (SSSR count). The fraction of sp³-hybridized carbons (Fsp3) is 0.176. The molecular weight excluding hydrogens is 418 g/mol. The van der Waals surface area contributed by atoms with Crippen LogP contribution < -0.4 is 5.32 Å². The average Bonchev–Trinajstić information content (AvgIpc) is 2.53. The van der Waals surface area contributed by atoms with E-state index in [0.29, 0.717) is 11.8 Å². The minimum Gasteiger partial charge on any atom is -0.332 e. The molecule has 0 aliphatic carbocycles. The van der Waals surface area contributed by atoms with E-state index < -0.39 is 23.4 Å². The number of benzene rings is 2. The average molecular weight is 432 g/mol. The molecule has 0 spiro atoms. The molecule has 0 unspecified atom stereocenters. The van der Waals surface area contributed by atoms with E-state index in [4.69, 9.17) is 11.6 Å². The first-order valence-corrected chi connectivity index (χ1v) is 8.32. The van der Waals surface area contributed by atoms with E-state index in [-0.39, 0.29) is 17.1 Å². The third-order valence-electron chi connectivity index (χ3n) is 3.43. The van der Waals surface area contributed by atoms with Gasteiger partial charge in [-0.1, -0.05) is 27.5 Å². The summed E-state index contributed by atoms with van der Waals surface area (Å²) in [6, 6.07) is 6.78. The van der Waals surface area contributed by atoms with Crippen molar-refractivity contribution in [3.8, 4) is 0 Å². The summed E-state index contributed by atoms with van der Waals surface area (Å²) >= 11 is 9.11. The molecule has 132 valence electrons.